The summed E-state index contributed by atoms with van der Waals surface area (Å²) >= 11 is 7.40. The maximum Gasteiger partial charge on any atom is 0.238 e. The fraction of sp³-hybridized carbons (Fsp3) is 0.529. The summed E-state index contributed by atoms with van der Waals surface area (Å²) in [5.41, 5.74) is 0.730. The summed E-state index contributed by atoms with van der Waals surface area (Å²) in [6.07, 6.45) is 2.22. The molecule has 0 saturated carbocycles. The second-order valence-corrected chi connectivity index (χ2v) is 8.20. The minimum Gasteiger partial charge on any atom is -0.343 e. The highest BCUT2D eigenvalue weighted by atomic mass is 35.5. The maximum atomic E-state index is 12.6. The minimum atomic E-state index is -0.377. The Labute approximate surface area is 151 Å². The molecule has 2 heterocycles. The predicted molar refractivity (Wildman–Crippen MR) is 97.6 cm³/mol. The van der Waals surface area contributed by atoms with Crippen molar-refractivity contribution < 1.29 is 9.59 Å². The summed E-state index contributed by atoms with van der Waals surface area (Å²) in [7, 11) is 4.16. The van der Waals surface area contributed by atoms with Crippen LogP contribution in [0, 0.1) is 0 Å². The van der Waals surface area contributed by atoms with E-state index in [2.05, 4.69) is 24.3 Å². The molecule has 1 aromatic carbocycles. The summed E-state index contributed by atoms with van der Waals surface area (Å²) in [6, 6.07) is 5.97. The lowest BCUT2D eigenvalue weighted by molar-refractivity contribution is -0.134. The number of rotatable bonds is 3. The molecule has 1 atom stereocenters. The van der Waals surface area contributed by atoms with Crippen molar-refractivity contribution in [2.24, 2.45) is 0 Å². The third kappa shape index (κ3) is 3.87. The second kappa shape index (κ2) is 7.33. The Morgan fingerprint density at radius 2 is 2.08 bits per heavy atom. The third-order valence-corrected chi connectivity index (χ3v) is 6.18. The zero-order chi connectivity index (χ0) is 17.3. The number of nitrogens with zero attached hydrogens (tertiary/aromatic N) is 2. The fourth-order valence-electron chi connectivity index (χ4n) is 3.18. The van der Waals surface area contributed by atoms with Gasteiger partial charge in [-0.2, -0.15) is 0 Å². The van der Waals surface area contributed by atoms with E-state index in [4.69, 9.17) is 11.6 Å². The molecule has 2 amide bonds. The highest BCUT2D eigenvalue weighted by Gasteiger charge is 2.32. The lowest BCUT2D eigenvalue weighted by Gasteiger charge is -2.36. The molecule has 5 nitrogen and oxygen atoms in total. The number of halogens is 1. The molecule has 2 aliphatic rings. The van der Waals surface area contributed by atoms with Crippen molar-refractivity contribution in [3.63, 3.8) is 0 Å². The van der Waals surface area contributed by atoms with Gasteiger partial charge in [0.05, 0.1) is 10.9 Å². The van der Waals surface area contributed by atoms with Gasteiger partial charge in [0.25, 0.3) is 0 Å². The number of fused-ring (bicyclic) bond motifs is 1. The van der Waals surface area contributed by atoms with Crippen LogP contribution in [0.15, 0.2) is 23.1 Å². The van der Waals surface area contributed by atoms with Gasteiger partial charge in [0, 0.05) is 35.5 Å². The van der Waals surface area contributed by atoms with E-state index in [1.54, 1.807) is 12.1 Å². The van der Waals surface area contributed by atoms with Crippen LogP contribution in [0.4, 0.5) is 5.69 Å². The maximum absolute atomic E-state index is 12.6. The average Bonchev–Trinajstić information content (AvgIpc) is 2.55. The first-order valence-corrected chi connectivity index (χ1v) is 9.41. The van der Waals surface area contributed by atoms with E-state index in [0.29, 0.717) is 11.1 Å². The molecule has 1 fully saturated rings. The van der Waals surface area contributed by atoms with Crippen LogP contribution in [0.1, 0.15) is 19.3 Å². The first-order chi connectivity index (χ1) is 11.4. The van der Waals surface area contributed by atoms with Crippen LogP contribution in [0.2, 0.25) is 5.02 Å². The molecule has 0 aromatic heterocycles. The van der Waals surface area contributed by atoms with Gasteiger partial charge in [0.1, 0.15) is 0 Å². The molecule has 0 bridgehead atoms. The molecule has 2 aliphatic heterocycles. The van der Waals surface area contributed by atoms with Gasteiger partial charge in [0.15, 0.2) is 0 Å². The van der Waals surface area contributed by atoms with E-state index in [9.17, 15) is 9.59 Å². The van der Waals surface area contributed by atoms with Crippen molar-refractivity contribution in [3.8, 4) is 0 Å². The largest absolute Gasteiger partial charge is 0.343 e. The number of hydrogen-bond acceptors (Lipinski definition) is 4. The highest BCUT2D eigenvalue weighted by Crippen LogP contribution is 2.38. The van der Waals surface area contributed by atoms with Crippen LogP contribution in [0.25, 0.3) is 0 Å². The first-order valence-electron chi connectivity index (χ1n) is 8.15. The molecule has 0 radical (unpaired) electrons. The lowest BCUT2D eigenvalue weighted by Crippen LogP contribution is -2.45. The van der Waals surface area contributed by atoms with Gasteiger partial charge in [-0.05, 0) is 45.1 Å². The Hall–Kier alpha value is -1.24. The summed E-state index contributed by atoms with van der Waals surface area (Å²) in [5, 5.41) is 3.07. The van der Waals surface area contributed by atoms with Gasteiger partial charge in [-0.15, -0.1) is 11.8 Å². The highest BCUT2D eigenvalue weighted by molar-refractivity contribution is 8.01. The van der Waals surface area contributed by atoms with Crippen molar-refractivity contribution in [3.05, 3.63) is 23.2 Å². The number of piperidine rings is 1. The molecule has 1 N–H and O–H groups in total. The summed E-state index contributed by atoms with van der Waals surface area (Å²) in [5.74, 6) is -0.0523. The average molecular weight is 368 g/mol. The van der Waals surface area contributed by atoms with Crippen molar-refractivity contribution in [2.75, 3.05) is 32.5 Å². The molecule has 1 aromatic rings. The van der Waals surface area contributed by atoms with Crippen molar-refractivity contribution in [1.82, 2.24) is 9.80 Å². The number of carbonyl (C=O) groups is 2. The number of hydrogen-bond donors (Lipinski definition) is 1. The zero-order valence-corrected chi connectivity index (χ0v) is 15.5. The van der Waals surface area contributed by atoms with Crippen LogP contribution >= 0.6 is 23.4 Å². The Morgan fingerprint density at radius 3 is 2.75 bits per heavy atom. The number of likely N-dealkylation sites (tertiary alicyclic amines) is 1. The zero-order valence-electron chi connectivity index (χ0n) is 13.9. The van der Waals surface area contributed by atoms with Crippen LogP contribution < -0.4 is 5.32 Å². The normalized spacial score (nSPS) is 21.6. The standard InChI is InChI=1S/C17H22ClN3O2S/c1-20(2)12-5-7-21(8-6-12)16(22)10-15-17(23)19-13-9-11(18)3-4-14(13)24-15/h3-4,9,12,15H,5-8,10H2,1-2H3,(H,19,23). The molecular formula is C17H22ClN3O2S. The lowest BCUT2D eigenvalue weighted by atomic mass is 10.0. The summed E-state index contributed by atoms with van der Waals surface area (Å²) in [6.45, 7) is 1.54. The van der Waals surface area contributed by atoms with E-state index in [-0.39, 0.29) is 23.5 Å². The van der Waals surface area contributed by atoms with E-state index in [1.807, 2.05) is 11.0 Å². The number of carbonyl (C=O) groups excluding carboxylic acids is 2. The van der Waals surface area contributed by atoms with E-state index < -0.39 is 0 Å². The van der Waals surface area contributed by atoms with E-state index in [1.165, 1.54) is 11.8 Å². The molecule has 130 valence electrons. The first kappa shape index (κ1) is 17.6. The molecule has 0 aliphatic carbocycles. The Kier molecular flexibility index (Phi) is 5.37. The van der Waals surface area contributed by atoms with Gasteiger partial charge in [-0.1, -0.05) is 11.6 Å². The predicted octanol–water partition coefficient (Wildman–Crippen LogP) is 2.70. The third-order valence-electron chi connectivity index (χ3n) is 4.67. The fourth-order valence-corrected chi connectivity index (χ4v) is 4.43. The molecule has 1 saturated heterocycles. The minimum absolute atomic E-state index is 0.0669. The quantitative estimate of drug-likeness (QED) is 0.892. The van der Waals surface area contributed by atoms with Crippen LogP contribution in [-0.4, -0.2) is 60.1 Å². The molecular weight excluding hydrogens is 346 g/mol. The second-order valence-electron chi connectivity index (χ2n) is 6.52. The van der Waals surface area contributed by atoms with Crippen molar-refractivity contribution in [1.29, 1.82) is 0 Å². The van der Waals surface area contributed by atoms with E-state index >= 15 is 0 Å². The van der Waals surface area contributed by atoms with Gasteiger partial charge in [0.2, 0.25) is 11.8 Å². The monoisotopic (exact) mass is 367 g/mol. The number of nitrogens with one attached hydrogen (secondary N) is 1. The molecule has 7 heteroatoms. The van der Waals surface area contributed by atoms with Gasteiger partial charge in [-0.3, -0.25) is 9.59 Å². The number of anilines is 1. The molecule has 24 heavy (non-hydrogen) atoms. The SMILES string of the molecule is CN(C)C1CCN(C(=O)CC2Sc3ccc(Cl)cc3NC2=O)CC1. The van der Waals surface area contributed by atoms with E-state index in [0.717, 1.165) is 36.5 Å². The molecule has 1 unspecified atom stereocenters. The summed E-state index contributed by atoms with van der Waals surface area (Å²) in [4.78, 5) is 29.9. The van der Waals surface area contributed by atoms with Crippen molar-refractivity contribution in [2.45, 2.75) is 35.4 Å². The summed E-state index contributed by atoms with van der Waals surface area (Å²) < 4.78 is 0. The van der Waals surface area contributed by atoms with Gasteiger partial charge < -0.3 is 15.1 Å². The molecule has 0 spiro atoms. The van der Waals surface area contributed by atoms with Crippen LogP contribution in [0.3, 0.4) is 0 Å². The molecule has 3 rings (SSSR count). The van der Waals surface area contributed by atoms with Crippen molar-refractivity contribution >= 4 is 40.9 Å². The smallest absolute Gasteiger partial charge is 0.238 e. The van der Waals surface area contributed by atoms with Gasteiger partial charge >= 0.3 is 0 Å². The van der Waals surface area contributed by atoms with Crippen LogP contribution in [0.5, 0.6) is 0 Å². The number of benzene rings is 1. The Morgan fingerprint density at radius 1 is 1.38 bits per heavy atom. The topological polar surface area (TPSA) is 52.6 Å². The Balaban J connectivity index is 1.59. The number of amides is 2. The number of thioether (sulfide) groups is 1. The van der Waals surface area contributed by atoms with Gasteiger partial charge in [-0.25, -0.2) is 0 Å². The Bertz CT molecular complexity index is 645. The van der Waals surface area contributed by atoms with Crippen LogP contribution in [-0.2, 0) is 9.59 Å².